The van der Waals surface area contributed by atoms with Gasteiger partial charge >= 0.3 is 0 Å². The quantitative estimate of drug-likeness (QED) is 0.912. The van der Waals surface area contributed by atoms with E-state index < -0.39 is 0 Å². The molecule has 0 bridgehead atoms. The fourth-order valence-corrected chi connectivity index (χ4v) is 3.56. The molecule has 1 aliphatic heterocycles. The predicted molar refractivity (Wildman–Crippen MR) is 99.2 cm³/mol. The molecule has 1 aromatic carbocycles. The molecule has 0 saturated carbocycles. The normalized spacial score (nSPS) is 20.1. The molecule has 0 radical (unpaired) electrons. The van der Waals surface area contributed by atoms with Crippen molar-refractivity contribution < 1.29 is 14.1 Å². The molecule has 2 aromatic rings. The van der Waals surface area contributed by atoms with E-state index in [1.165, 1.54) is 0 Å². The number of hydrogen-bond acceptors (Lipinski definition) is 4. The van der Waals surface area contributed by atoms with Crippen LogP contribution in [0.3, 0.4) is 0 Å². The summed E-state index contributed by atoms with van der Waals surface area (Å²) in [4.78, 5) is 27.1. The van der Waals surface area contributed by atoms with E-state index in [1.54, 1.807) is 19.1 Å². The van der Waals surface area contributed by atoms with Crippen molar-refractivity contribution in [2.75, 3.05) is 18.4 Å². The number of carbonyl (C=O) groups excluding carboxylic acids is 2. The number of aromatic nitrogens is 1. The van der Waals surface area contributed by atoms with Crippen LogP contribution in [0.25, 0.3) is 0 Å². The van der Waals surface area contributed by atoms with Crippen molar-refractivity contribution in [1.82, 2.24) is 10.1 Å². The number of rotatable bonds is 3. The SMILES string of the molecule is Cc1cc(C(=O)Nc2cc(C(=O)N3C[C@H](C)C[C@H](C)C3)ccc2C)on1. The summed E-state index contributed by atoms with van der Waals surface area (Å²) in [7, 11) is 0. The lowest BCUT2D eigenvalue weighted by Crippen LogP contribution is -2.42. The fraction of sp³-hybridized carbons (Fsp3) is 0.450. The van der Waals surface area contributed by atoms with Crippen molar-refractivity contribution in [1.29, 1.82) is 0 Å². The summed E-state index contributed by atoms with van der Waals surface area (Å²) in [6.07, 6.45) is 1.15. The molecule has 6 nitrogen and oxygen atoms in total. The maximum absolute atomic E-state index is 12.9. The number of benzene rings is 1. The van der Waals surface area contributed by atoms with E-state index in [0.717, 1.165) is 25.1 Å². The number of likely N-dealkylation sites (tertiary alicyclic amines) is 1. The van der Waals surface area contributed by atoms with Crippen molar-refractivity contribution in [2.45, 2.75) is 34.1 Å². The van der Waals surface area contributed by atoms with Gasteiger partial charge in [0.2, 0.25) is 5.76 Å². The van der Waals surface area contributed by atoms with Gasteiger partial charge in [0.05, 0.1) is 5.69 Å². The number of anilines is 1. The molecule has 26 heavy (non-hydrogen) atoms. The van der Waals surface area contributed by atoms with Gasteiger partial charge in [0, 0.05) is 30.4 Å². The second kappa shape index (κ2) is 7.32. The monoisotopic (exact) mass is 355 g/mol. The van der Waals surface area contributed by atoms with Gasteiger partial charge in [-0.05, 0) is 49.8 Å². The minimum absolute atomic E-state index is 0.00871. The molecular formula is C20H25N3O3. The predicted octanol–water partition coefficient (Wildman–Crippen LogP) is 3.66. The van der Waals surface area contributed by atoms with Gasteiger partial charge in [-0.3, -0.25) is 9.59 Å². The summed E-state index contributed by atoms with van der Waals surface area (Å²) in [6, 6.07) is 6.99. The van der Waals surface area contributed by atoms with Crippen LogP contribution in [0.4, 0.5) is 5.69 Å². The van der Waals surface area contributed by atoms with Gasteiger partial charge in [-0.1, -0.05) is 25.1 Å². The van der Waals surface area contributed by atoms with E-state index in [4.69, 9.17) is 4.52 Å². The van der Waals surface area contributed by atoms with E-state index in [-0.39, 0.29) is 17.6 Å². The van der Waals surface area contributed by atoms with Crippen LogP contribution in [-0.2, 0) is 0 Å². The Morgan fingerprint density at radius 2 is 1.85 bits per heavy atom. The molecular weight excluding hydrogens is 330 g/mol. The molecule has 2 atom stereocenters. The van der Waals surface area contributed by atoms with Gasteiger partial charge in [-0.25, -0.2) is 0 Å². The highest BCUT2D eigenvalue weighted by atomic mass is 16.5. The van der Waals surface area contributed by atoms with E-state index in [2.05, 4.69) is 24.3 Å². The number of nitrogens with zero attached hydrogens (tertiary/aromatic N) is 2. The molecule has 0 aliphatic carbocycles. The van der Waals surface area contributed by atoms with Crippen LogP contribution in [0.1, 0.15) is 52.4 Å². The van der Waals surface area contributed by atoms with E-state index in [1.807, 2.05) is 24.0 Å². The first-order valence-electron chi connectivity index (χ1n) is 8.98. The summed E-state index contributed by atoms with van der Waals surface area (Å²) in [5, 5.41) is 6.54. The molecule has 0 spiro atoms. The largest absolute Gasteiger partial charge is 0.351 e. The van der Waals surface area contributed by atoms with Crippen LogP contribution in [-0.4, -0.2) is 35.0 Å². The lowest BCUT2D eigenvalue weighted by atomic mass is 9.91. The minimum atomic E-state index is -0.376. The molecule has 2 amide bonds. The zero-order valence-electron chi connectivity index (χ0n) is 15.7. The van der Waals surface area contributed by atoms with Gasteiger partial charge in [0.15, 0.2) is 0 Å². The summed E-state index contributed by atoms with van der Waals surface area (Å²) in [5.41, 5.74) is 2.71. The van der Waals surface area contributed by atoms with Gasteiger partial charge in [0.25, 0.3) is 11.8 Å². The van der Waals surface area contributed by atoms with Crippen LogP contribution in [0.2, 0.25) is 0 Å². The van der Waals surface area contributed by atoms with Gasteiger partial charge in [0.1, 0.15) is 0 Å². The van der Waals surface area contributed by atoms with Crippen LogP contribution in [0, 0.1) is 25.7 Å². The van der Waals surface area contributed by atoms with Crippen molar-refractivity contribution in [3.05, 3.63) is 46.8 Å². The van der Waals surface area contributed by atoms with Gasteiger partial charge < -0.3 is 14.7 Å². The second-order valence-electron chi connectivity index (χ2n) is 7.47. The highest BCUT2D eigenvalue weighted by Crippen LogP contribution is 2.24. The molecule has 6 heteroatoms. The first kappa shape index (κ1) is 18.2. The number of hydrogen-bond donors (Lipinski definition) is 1. The maximum atomic E-state index is 12.9. The summed E-state index contributed by atoms with van der Waals surface area (Å²) < 4.78 is 5.00. The van der Waals surface area contributed by atoms with E-state index in [0.29, 0.717) is 28.8 Å². The summed E-state index contributed by atoms with van der Waals surface area (Å²) in [6.45, 7) is 9.55. The number of amides is 2. The number of carbonyl (C=O) groups is 2. The highest BCUT2D eigenvalue weighted by molar-refractivity contribution is 6.04. The first-order chi connectivity index (χ1) is 12.3. The summed E-state index contributed by atoms with van der Waals surface area (Å²) in [5.74, 6) is 0.786. The Labute approximate surface area is 153 Å². The Morgan fingerprint density at radius 3 is 2.46 bits per heavy atom. The zero-order chi connectivity index (χ0) is 18.8. The molecule has 2 heterocycles. The molecule has 1 N–H and O–H groups in total. The molecule has 138 valence electrons. The molecule has 3 rings (SSSR count). The molecule has 1 aromatic heterocycles. The number of piperidine rings is 1. The summed E-state index contributed by atoms with van der Waals surface area (Å²) >= 11 is 0. The Morgan fingerprint density at radius 1 is 1.15 bits per heavy atom. The topological polar surface area (TPSA) is 75.4 Å². The van der Waals surface area contributed by atoms with Crippen LogP contribution in [0.15, 0.2) is 28.8 Å². The average Bonchev–Trinajstić information content (AvgIpc) is 3.02. The fourth-order valence-electron chi connectivity index (χ4n) is 3.56. The number of nitrogens with one attached hydrogen (secondary N) is 1. The molecule has 1 saturated heterocycles. The third kappa shape index (κ3) is 3.95. The van der Waals surface area contributed by atoms with Crippen LogP contribution >= 0.6 is 0 Å². The molecule has 1 aliphatic rings. The van der Waals surface area contributed by atoms with Crippen molar-refractivity contribution in [3.8, 4) is 0 Å². The smallest absolute Gasteiger partial charge is 0.294 e. The highest BCUT2D eigenvalue weighted by Gasteiger charge is 2.26. The Hall–Kier alpha value is -2.63. The lowest BCUT2D eigenvalue weighted by molar-refractivity contribution is 0.0623. The van der Waals surface area contributed by atoms with Gasteiger partial charge in [-0.2, -0.15) is 0 Å². The van der Waals surface area contributed by atoms with Crippen molar-refractivity contribution >= 4 is 17.5 Å². The van der Waals surface area contributed by atoms with Crippen LogP contribution < -0.4 is 5.32 Å². The lowest BCUT2D eigenvalue weighted by Gasteiger charge is -2.35. The Balaban J connectivity index is 1.78. The van der Waals surface area contributed by atoms with Gasteiger partial charge in [-0.15, -0.1) is 0 Å². The molecule has 0 unspecified atom stereocenters. The van der Waals surface area contributed by atoms with E-state index >= 15 is 0 Å². The Kier molecular flexibility index (Phi) is 5.11. The third-order valence-electron chi connectivity index (χ3n) is 4.74. The minimum Gasteiger partial charge on any atom is -0.351 e. The maximum Gasteiger partial charge on any atom is 0.294 e. The first-order valence-corrected chi connectivity index (χ1v) is 8.98. The second-order valence-corrected chi connectivity index (χ2v) is 7.47. The standard InChI is InChI=1S/C20H25N3O3/c1-12-7-13(2)11-23(10-12)20(25)16-6-5-14(3)17(9-16)21-19(24)18-8-15(4)22-26-18/h5-6,8-9,12-13H,7,10-11H2,1-4H3,(H,21,24)/t12-,13+. The zero-order valence-corrected chi connectivity index (χ0v) is 15.7. The third-order valence-corrected chi connectivity index (χ3v) is 4.74. The van der Waals surface area contributed by atoms with Crippen LogP contribution in [0.5, 0.6) is 0 Å². The number of aryl methyl sites for hydroxylation is 2. The molecule has 1 fully saturated rings. The average molecular weight is 355 g/mol. The Bertz CT molecular complexity index is 817. The van der Waals surface area contributed by atoms with E-state index in [9.17, 15) is 9.59 Å². The van der Waals surface area contributed by atoms with Crippen molar-refractivity contribution in [2.24, 2.45) is 11.8 Å². The van der Waals surface area contributed by atoms with Crippen molar-refractivity contribution in [3.63, 3.8) is 0 Å².